The van der Waals surface area contributed by atoms with Crippen molar-refractivity contribution in [1.82, 2.24) is 10.2 Å². The van der Waals surface area contributed by atoms with Gasteiger partial charge in [-0.05, 0) is 30.5 Å². The van der Waals surface area contributed by atoms with Crippen LogP contribution in [0.25, 0.3) is 0 Å². The molecule has 1 fully saturated rings. The molecule has 1 aliphatic rings. The number of furan rings is 1. The Morgan fingerprint density at radius 3 is 2.79 bits per heavy atom. The second kappa shape index (κ2) is 7.97. The van der Waals surface area contributed by atoms with Crippen LogP contribution in [0.15, 0.2) is 65.8 Å². The smallest absolute Gasteiger partial charge is 0.224 e. The summed E-state index contributed by atoms with van der Waals surface area (Å²) in [5, 5.41) is 2.99. The van der Waals surface area contributed by atoms with Crippen molar-refractivity contribution in [3.05, 3.63) is 72.7 Å². The summed E-state index contributed by atoms with van der Waals surface area (Å²) in [6.45, 7) is 5.87. The fourth-order valence-electron chi connectivity index (χ4n) is 3.41. The van der Waals surface area contributed by atoms with E-state index in [0.29, 0.717) is 12.6 Å². The second-order valence-electron chi connectivity index (χ2n) is 6.24. The zero-order chi connectivity index (χ0) is 16.8. The first-order chi connectivity index (χ1) is 11.8. The monoisotopic (exact) mass is 324 g/mol. The first-order valence-corrected chi connectivity index (χ1v) is 8.48. The molecule has 0 bridgehead atoms. The average Bonchev–Trinajstić information content (AvgIpc) is 3.14. The van der Waals surface area contributed by atoms with Crippen molar-refractivity contribution in [3.63, 3.8) is 0 Å². The fourth-order valence-corrected chi connectivity index (χ4v) is 3.41. The summed E-state index contributed by atoms with van der Waals surface area (Å²) in [5.41, 5.74) is 1.31. The molecule has 126 valence electrons. The van der Waals surface area contributed by atoms with Crippen molar-refractivity contribution in [2.24, 2.45) is 5.92 Å². The van der Waals surface area contributed by atoms with Gasteiger partial charge in [-0.15, -0.1) is 6.58 Å². The molecule has 4 nitrogen and oxygen atoms in total. The van der Waals surface area contributed by atoms with Gasteiger partial charge in [0.1, 0.15) is 5.76 Å². The van der Waals surface area contributed by atoms with E-state index in [1.54, 1.807) is 6.26 Å². The first-order valence-electron chi connectivity index (χ1n) is 8.48. The van der Waals surface area contributed by atoms with E-state index < -0.39 is 0 Å². The molecule has 1 saturated heterocycles. The van der Waals surface area contributed by atoms with Gasteiger partial charge in [0.15, 0.2) is 0 Å². The quantitative estimate of drug-likeness (QED) is 0.827. The summed E-state index contributed by atoms with van der Waals surface area (Å²) < 4.78 is 5.27. The van der Waals surface area contributed by atoms with Gasteiger partial charge in [0, 0.05) is 19.1 Å². The maximum Gasteiger partial charge on any atom is 0.224 e. The van der Waals surface area contributed by atoms with Gasteiger partial charge in [-0.25, -0.2) is 0 Å². The van der Waals surface area contributed by atoms with Gasteiger partial charge in [-0.1, -0.05) is 36.4 Å². The van der Waals surface area contributed by atoms with Crippen molar-refractivity contribution in [2.45, 2.75) is 25.4 Å². The van der Waals surface area contributed by atoms with E-state index in [1.807, 2.05) is 24.3 Å². The maximum atomic E-state index is 12.5. The lowest BCUT2D eigenvalue weighted by molar-refractivity contribution is -0.127. The fraction of sp³-hybridized carbons (Fsp3) is 0.350. The Balaban J connectivity index is 1.61. The summed E-state index contributed by atoms with van der Waals surface area (Å²) >= 11 is 0. The largest absolute Gasteiger partial charge is 0.467 e. The van der Waals surface area contributed by atoms with Gasteiger partial charge in [0.25, 0.3) is 0 Å². The minimum absolute atomic E-state index is 0.0138. The minimum Gasteiger partial charge on any atom is -0.467 e. The molecule has 2 heterocycles. The van der Waals surface area contributed by atoms with Crippen LogP contribution in [0.1, 0.15) is 30.2 Å². The molecule has 0 radical (unpaired) electrons. The van der Waals surface area contributed by atoms with E-state index >= 15 is 0 Å². The number of piperidine rings is 1. The molecule has 1 amide bonds. The maximum absolute atomic E-state index is 12.5. The number of rotatable bonds is 6. The number of nitrogens with one attached hydrogen (secondary N) is 1. The second-order valence-corrected chi connectivity index (χ2v) is 6.24. The molecule has 2 aromatic rings. The minimum atomic E-state index is 0.0138. The van der Waals surface area contributed by atoms with Crippen molar-refractivity contribution in [3.8, 4) is 0 Å². The van der Waals surface area contributed by atoms with E-state index in [4.69, 9.17) is 4.42 Å². The Labute approximate surface area is 143 Å². The summed E-state index contributed by atoms with van der Waals surface area (Å²) in [5.74, 6) is 0.899. The highest BCUT2D eigenvalue weighted by atomic mass is 16.3. The van der Waals surface area contributed by atoms with Crippen LogP contribution in [0.2, 0.25) is 0 Å². The predicted molar refractivity (Wildman–Crippen MR) is 94.2 cm³/mol. The van der Waals surface area contributed by atoms with Gasteiger partial charge in [0.05, 0.1) is 18.7 Å². The number of amides is 1. The molecular formula is C20H24N2O2. The number of carbonyl (C=O) groups is 1. The van der Waals surface area contributed by atoms with Crippen LogP contribution in [0.5, 0.6) is 0 Å². The molecule has 0 unspecified atom stereocenters. The summed E-state index contributed by atoms with van der Waals surface area (Å²) in [4.78, 5) is 14.8. The predicted octanol–water partition coefficient (Wildman–Crippen LogP) is 3.54. The first kappa shape index (κ1) is 16.5. The Hall–Kier alpha value is -2.33. The summed E-state index contributed by atoms with van der Waals surface area (Å²) in [6, 6.07) is 14.6. The van der Waals surface area contributed by atoms with Crippen LogP contribution in [0, 0.1) is 5.92 Å². The van der Waals surface area contributed by atoms with Gasteiger partial charge in [-0.2, -0.15) is 0 Å². The number of likely N-dealkylation sites (tertiary alicyclic amines) is 1. The summed E-state index contributed by atoms with van der Waals surface area (Å²) in [6.07, 6.45) is 5.42. The number of benzene rings is 1. The Kier molecular flexibility index (Phi) is 5.49. The number of hydrogen-bond acceptors (Lipinski definition) is 3. The standard InChI is InChI=1S/C20H24N2O2/c1-2-12-22-15-17(20(23)21-14-18-9-6-13-24-18)10-11-19(22)16-7-4-3-5-8-16/h2-9,13,17,19H,1,10-12,14-15H2,(H,21,23)/t17-,19-/m0/s1. The van der Waals surface area contributed by atoms with Gasteiger partial charge in [-0.3, -0.25) is 9.69 Å². The Bertz CT molecular complexity index is 652. The van der Waals surface area contributed by atoms with E-state index in [-0.39, 0.29) is 11.8 Å². The third-order valence-corrected chi connectivity index (χ3v) is 4.62. The van der Waals surface area contributed by atoms with Crippen molar-refractivity contribution in [1.29, 1.82) is 0 Å². The van der Waals surface area contributed by atoms with Crippen molar-refractivity contribution < 1.29 is 9.21 Å². The lowest BCUT2D eigenvalue weighted by Crippen LogP contribution is -2.44. The normalized spacial score (nSPS) is 21.3. The highest BCUT2D eigenvalue weighted by molar-refractivity contribution is 5.78. The molecule has 1 aromatic carbocycles. The van der Waals surface area contributed by atoms with E-state index in [0.717, 1.165) is 31.7 Å². The molecule has 3 rings (SSSR count). The third-order valence-electron chi connectivity index (χ3n) is 4.62. The topological polar surface area (TPSA) is 45.5 Å². The van der Waals surface area contributed by atoms with Crippen LogP contribution in [-0.4, -0.2) is 23.9 Å². The lowest BCUT2D eigenvalue weighted by Gasteiger charge is -2.39. The number of carbonyl (C=O) groups excluding carboxylic acids is 1. The highest BCUT2D eigenvalue weighted by Crippen LogP contribution is 2.33. The molecule has 2 atom stereocenters. The average molecular weight is 324 g/mol. The number of nitrogens with zero attached hydrogens (tertiary/aromatic N) is 1. The van der Waals surface area contributed by atoms with Gasteiger partial charge >= 0.3 is 0 Å². The molecule has 1 aromatic heterocycles. The van der Waals surface area contributed by atoms with Crippen LogP contribution < -0.4 is 5.32 Å². The molecule has 1 N–H and O–H groups in total. The summed E-state index contributed by atoms with van der Waals surface area (Å²) in [7, 11) is 0. The SMILES string of the molecule is C=CCN1C[C@@H](C(=O)NCc2ccco2)CC[C@H]1c1ccccc1. The Morgan fingerprint density at radius 1 is 1.25 bits per heavy atom. The van der Waals surface area contributed by atoms with Crippen LogP contribution in [0.4, 0.5) is 0 Å². The van der Waals surface area contributed by atoms with E-state index in [1.165, 1.54) is 5.56 Å². The molecule has 0 spiro atoms. The van der Waals surface area contributed by atoms with E-state index in [2.05, 4.69) is 41.1 Å². The Morgan fingerprint density at radius 2 is 2.08 bits per heavy atom. The molecule has 1 aliphatic heterocycles. The van der Waals surface area contributed by atoms with Crippen molar-refractivity contribution in [2.75, 3.05) is 13.1 Å². The van der Waals surface area contributed by atoms with E-state index in [9.17, 15) is 4.79 Å². The zero-order valence-corrected chi connectivity index (χ0v) is 13.9. The highest BCUT2D eigenvalue weighted by Gasteiger charge is 2.32. The van der Waals surface area contributed by atoms with Gasteiger partial charge < -0.3 is 9.73 Å². The zero-order valence-electron chi connectivity index (χ0n) is 13.9. The third kappa shape index (κ3) is 3.95. The lowest BCUT2D eigenvalue weighted by atomic mass is 9.88. The van der Waals surface area contributed by atoms with Crippen LogP contribution >= 0.6 is 0 Å². The van der Waals surface area contributed by atoms with Crippen LogP contribution in [-0.2, 0) is 11.3 Å². The number of hydrogen-bond donors (Lipinski definition) is 1. The molecule has 0 aliphatic carbocycles. The molecule has 24 heavy (non-hydrogen) atoms. The van der Waals surface area contributed by atoms with Crippen molar-refractivity contribution >= 4 is 5.91 Å². The molecule has 0 saturated carbocycles. The van der Waals surface area contributed by atoms with Gasteiger partial charge in [0.2, 0.25) is 5.91 Å². The molecule has 4 heteroatoms. The van der Waals surface area contributed by atoms with Crippen LogP contribution in [0.3, 0.4) is 0 Å². The molecular weight excluding hydrogens is 300 g/mol.